The molecule has 1 fully saturated rings. The van der Waals surface area contributed by atoms with Gasteiger partial charge in [0.15, 0.2) is 0 Å². The van der Waals surface area contributed by atoms with Crippen molar-refractivity contribution < 1.29 is 4.79 Å². The van der Waals surface area contributed by atoms with Crippen LogP contribution in [0.1, 0.15) is 17.4 Å². The molecule has 1 N–H and O–H groups in total. The molecule has 1 saturated heterocycles. The van der Waals surface area contributed by atoms with Crippen molar-refractivity contribution in [2.75, 3.05) is 19.6 Å². The summed E-state index contributed by atoms with van der Waals surface area (Å²) >= 11 is 0. The summed E-state index contributed by atoms with van der Waals surface area (Å²) in [7, 11) is 0. The molecule has 4 heteroatoms. The van der Waals surface area contributed by atoms with Gasteiger partial charge in [-0.05, 0) is 19.1 Å². The van der Waals surface area contributed by atoms with Crippen molar-refractivity contribution in [3.8, 4) is 0 Å². The molecular formula is C11H15N3O. The molecule has 80 valence electrons. The Morgan fingerprint density at radius 2 is 2.47 bits per heavy atom. The first-order valence-electron chi connectivity index (χ1n) is 5.22. The summed E-state index contributed by atoms with van der Waals surface area (Å²) in [5, 5.41) is 3.26. The first kappa shape index (κ1) is 10.1. The summed E-state index contributed by atoms with van der Waals surface area (Å²) in [6.07, 6.45) is 1.65. The molecule has 1 unspecified atom stereocenters. The Balaban J connectivity index is 2.13. The van der Waals surface area contributed by atoms with Crippen molar-refractivity contribution in [3.63, 3.8) is 0 Å². The van der Waals surface area contributed by atoms with Crippen molar-refractivity contribution in [1.82, 2.24) is 15.2 Å². The van der Waals surface area contributed by atoms with E-state index in [1.165, 1.54) is 0 Å². The molecule has 1 aromatic rings. The minimum Gasteiger partial charge on any atom is -0.332 e. The lowest BCUT2D eigenvalue weighted by molar-refractivity contribution is 0.0649. The van der Waals surface area contributed by atoms with Crippen LogP contribution in [0.15, 0.2) is 24.4 Å². The third-order valence-corrected chi connectivity index (χ3v) is 2.65. The third kappa shape index (κ3) is 2.15. The van der Waals surface area contributed by atoms with Crippen LogP contribution >= 0.6 is 0 Å². The Kier molecular flexibility index (Phi) is 2.97. The Bertz CT molecular complexity index is 339. The summed E-state index contributed by atoms with van der Waals surface area (Å²) in [5.41, 5.74) is 0.534. The van der Waals surface area contributed by atoms with Gasteiger partial charge in [0.1, 0.15) is 5.69 Å². The van der Waals surface area contributed by atoms with E-state index in [2.05, 4.69) is 10.3 Å². The highest BCUT2D eigenvalue weighted by Crippen LogP contribution is 2.07. The van der Waals surface area contributed by atoms with E-state index in [1.807, 2.05) is 24.0 Å². The van der Waals surface area contributed by atoms with Crippen LogP contribution in [-0.4, -0.2) is 41.5 Å². The largest absolute Gasteiger partial charge is 0.332 e. The molecule has 0 saturated carbocycles. The van der Waals surface area contributed by atoms with Gasteiger partial charge in [-0.25, -0.2) is 0 Å². The summed E-state index contributed by atoms with van der Waals surface area (Å²) < 4.78 is 0. The fourth-order valence-corrected chi connectivity index (χ4v) is 1.78. The zero-order valence-corrected chi connectivity index (χ0v) is 8.81. The van der Waals surface area contributed by atoms with Gasteiger partial charge in [-0.2, -0.15) is 0 Å². The number of rotatable bonds is 1. The maximum absolute atomic E-state index is 12.0. The fourth-order valence-electron chi connectivity index (χ4n) is 1.78. The van der Waals surface area contributed by atoms with E-state index < -0.39 is 0 Å². The molecule has 0 bridgehead atoms. The van der Waals surface area contributed by atoms with Gasteiger partial charge in [0.2, 0.25) is 0 Å². The van der Waals surface area contributed by atoms with Gasteiger partial charge >= 0.3 is 0 Å². The maximum atomic E-state index is 12.0. The number of amides is 1. The van der Waals surface area contributed by atoms with Gasteiger partial charge in [-0.15, -0.1) is 0 Å². The molecule has 4 nitrogen and oxygen atoms in total. The maximum Gasteiger partial charge on any atom is 0.272 e. The van der Waals surface area contributed by atoms with Crippen molar-refractivity contribution >= 4 is 5.91 Å². The zero-order chi connectivity index (χ0) is 10.7. The number of nitrogens with zero attached hydrogens (tertiary/aromatic N) is 2. The number of piperazine rings is 1. The molecule has 1 amide bonds. The van der Waals surface area contributed by atoms with Gasteiger partial charge in [0.25, 0.3) is 5.91 Å². The molecule has 2 rings (SSSR count). The van der Waals surface area contributed by atoms with Crippen molar-refractivity contribution in [2.45, 2.75) is 13.0 Å². The predicted octanol–water partition coefficient (Wildman–Crippen LogP) is 0.515. The number of nitrogens with one attached hydrogen (secondary N) is 1. The average Bonchev–Trinajstić information content (AvgIpc) is 2.30. The molecule has 1 aromatic heterocycles. The minimum atomic E-state index is 0.0320. The molecule has 15 heavy (non-hydrogen) atoms. The van der Waals surface area contributed by atoms with Gasteiger partial charge in [0, 0.05) is 31.9 Å². The highest BCUT2D eigenvalue weighted by atomic mass is 16.2. The van der Waals surface area contributed by atoms with Crippen LogP contribution in [0.2, 0.25) is 0 Å². The summed E-state index contributed by atoms with van der Waals surface area (Å²) in [4.78, 5) is 18.0. The van der Waals surface area contributed by atoms with E-state index in [0.717, 1.165) is 19.6 Å². The van der Waals surface area contributed by atoms with Crippen LogP contribution in [0.25, 0.3) is 0 Å². The third-order valence-electron chi connectivity index (χ3n) is 2.65. The molecule has 0 aliphatic carbocycles. The monoisotopic (exact) mass is 205 g/mol. The molecule has 0 spiro atoms. The first-order chi connectivity index (χ1) is 7.29. The van der Waals surface area contributed by atoms with Crippen LogP contribution in [0.5, 0.6) is 0 Å². The average molecular weight is 205 g/mol. The summed E-state index contributed by atoms with van der Waals surface area (Å²) in [6.45, 7) is 4.53. The SMILES string of the molecule is CC1CNCCN1C(=O)c1ccccn1. The lowest BCUT2D eigenvalue weighted by atomic mass is 10.2. The van der Waals surface area contributed by atoms with Gasteiger partial charge in [0.05, 0.1) is 0 Å². The predicted molar refractivity (Wildman–Crippen MR) is 57.6 cm³/mol. The van der Waals surface area contributed by atoms with Gasteiger partial charge in [-0.3, -0.25) is 9.78 Å². The van der Waals surface area contributed by atoms with Crippen LogP contribution < -0.4 is 5.32 Å². The molecular weight excluding hydrogens is 190 g/mol. The summed E-state index contributed by atoms with van der Waals surface area (Å²) in [6, 6.07) is 5.66. The van der Waals surface area contributed by atoms with Gasteiger partial charge < -0.3 is 10.2 Å². The van der Waals surface area contributed by atoms with E-state index in [4.69, 9.17) is 0 Å². The Morgan fingerprint density at radius 1 is 1.60 bits per heavy atom. The Labute approximate surface area is 89.3 Å². The standard InChI is InChI=1S/C11H15N3O/c1-9-8-12-6-7-14(9)11(15)10-4-2-3-5-13-10/h2-5,9,12H,6-8H2,1H3. The second-order valence-electron chi connectivity index (χ2n) is 3.77. The summed E-state index contributed by atoms with van der Waals surface area (Å²) in [5.74, 6) is 0.0320. The zero-order valence-electron chi connectivity index (χ0n) is 8.81. The number of carbonyl (C=O) groups is 1. The number of hydrogen-bond donors (Lipinski definition) is 1. The Morgan fingerprint density at radius 3 is 3.13 bits per heavy atom. The first-order valence-corrected chi connectivity index (χ1v) is 5.22. The minimum absolute atomic E-state index is 0.0320. The second-order valence-corrected chi connectivity index (χ2v) is 3.77. The number of carbonyl (C=O) groups excluding carboxylic acids is 1. The number of hydrogen-bond acceptors (Lipinski definition) is 3. The molecule has 1 aliphatic rings. The van der Waals surface area contributed by atoms with Crippen molar-refractivity contribution in [1.29, 1.82) is 0 Å². The van der Waals surface area contributed by atoms with E-state index in [-0.39, 0.29) is 11.9 Å². The van der Waals surface area contributed by atoms with Crippen molar-refractivity contribution in [2.24, 2.45) is 0 Å². The molecule has 1 aliphatic heterocycles. The topological polar surface area (TPSA) is 45.2 Å². The lowest BCUT2D eigenvalue weighted by Crippen LogP contribution is -2.52. The highest BCUT2D eigenvalue weighted by Gasteiger charge is 2.24. The molecule has 1 atom stereocenters. The van der Waals surface area contributed by atoms with Crippen LogP contribution in [0.3, 0.4) is 0 Å². The fraction of sp³-hybridized carbons (Fsp3) is 0.455. The van der Waals surface area contributed by atoms with E-state index in [1.54, 1.807) is 12.3 Å². The number of pyridine rings is 1. The normalized spacial score (nSPS) is 21.4. The van der Waals surface area contributed by atoms with Gasteiger partial charge in [-0.1, -0.05) is 6.07 Å². The molecule has 0 aromatic carbocycles. The molecule has 0 radical (unpaired) electrons. The molecule has 2 heterocycles. The van der Waals surface area contributed by atoms with E-state index in [9.17, 15) is 4.79 Å². The lowest BCUT2D eigenvalue weighted by Gasteiger charge is -2.33. The quantitative estimate of drug-likeness (QED) is 0.727. The van der Waals surface area contributed by atoms with Crippen molar-refractivity contribution in [3.05, 3.63) is 30.1 Å². The second kappa shape index (κ2) is 4.40. The van der Waals surface area contributed by atoms with Crippen LogP contribution in [0.4, 0.5) is 0 Å². The number of aromatic nitrogens is 1. The Hall–Kier alpha value is -1.42. The van der Waals surface area contributed by atoms with E-state index in [0.29, 0.717) is 5.69 Å². The van der Waals surface area contributed by atoms with E-state index >= 15 is 0 Å². The van der Waals surface area contributed by atoms with Crippen LogP contribution in [-0.2, 0) is 0 Å². The smallest absolute Gasteiger partial charge is 0.272 e. The van der Waals surface area contributed by atoms with Crippen LogP contribution in [0, 0.1) is 0 Å². The highest BCUT2D eigenvalue weighted by molar-refractivity contribution is 5.92.